The molecule has 2 aromatic carbocycles. The van der Waals surface area contributed by atoms with Crippen molar-refractivity contribution < 1.29 is 13.2 Å². The molecule has 5 nitrogen and oxygen atoms in total. The van der Waals surface area contributed by atoms with E-state index in [0.717, 1.165) is 37.1 Å². The molecular weight excluding hydrogens is 503 g/mol. The van der Waals surface area contributed by atoms with E-state index in [4.69, 9.17) is 16.3 Å². The largest absolute Gasteiger partial charge is 0.493 e. The van der Waals surface area contributed by atoms with E-state index in [0.29, 0.717) is 24.1 Å². The first-order valence-corrected chi connectivity index (χ1v) is 14.4. The Kier molecular flexibility index (Phi) is 12.9. The number of rotatable bonds is 13. The van der Waals surface area contributed by atoms with Gasteiger partial charge in [-0.2, -0.15) is 4.31 Å². The average Bonchev–Trinajstić information content (AvgIpc) is 2.83. The summed E-state index contributed by atoms with van der Waals surface area (Å²) in [5, 5.41) is 0.522. The van der Waals surface area contributed by atoms with Gasteiger partial charge in [0.2, 0.25) is 10.0 Å². The number of nitrogens with zero attached hydrogens (tertiary/aromatic N) is 2. The summed E-state index contributed by atoms with van der Waals surface area (Å²) in [7, 11) is -3.66. The minimum atomic E-state index is -3.66. The smallest absolute Gasteiger partial charge is 0.243 e. The highest BCUT2D eigenvalue weighted by Gasteiger charge is 2.25. The Morgan fingerprint density at radius 1 is 1.00 bits per heavy atom. The van der Waals surface area contributed by atoms with E-state index < -0.39 is 10.0 Å². The number of halogens is 2. The van der Waals surface area contributed by atoms with Crippen LogP contribution in [0.4, 0.5) is 0 Å². The molecule has 0 aliphatic carbocycles. The second kappa shape index (κ2) is 15.1. The van der Waals surface area contributed by atoms with Crippen LogP contribution in [0.2, 0.25) is 5.02 Å². The number of para-hydroxylation sites is 1. The first-order chi connectivity index (χ1) is 16.4. The zero-order valence-corrected chi connectivity index (χ0v) is 23.4. The number of piperidine rings is 1. The maximum Gasteiger partial charge on any atom is 0.243 e. The van der Waals surface area contributed by atoms with Gasteiger partial charge in [0.1, 0.15) is 5.75 Å². The van der Waals surface area contributed by atoms with E-state index in [-0.39, 0.29) is 23.8 Å². The number of hydrogen-bond donors (Lipinski definition) is 0. The summed E-state index contributed by atoms with van der Waals surface area (Å²) in [4.78, 5) is 2.77. The SMILES string of the molecule is CC(C)CCCN(Cc1ccccc1OCCCN1CCCCC1)S(=O)(=O)c1ccc(Cl)cc1.Cl. The molecule has 0 saturated carbocycles. The van der Waals surface area contributed by atoms with Crippen LogP contribution in [0.3, 0.4) is 0 Å². The Morgan fingerprint density at radius 3 is 2.37 bits per heavy atom. The Hall–Kier alpha value is -1.31. The number of ether oxygens (including phenoxy) is 1. The van der Waals surface area contributed by atoms with Crippen molar-refractivity contribution in [3.8, 4) is 5.75 Å². The molecule has 35 heavy (non-hydrogen) atoms. The van der Waals surface area contributed by atoms with Gasteiger partial charge < -0.3 is 9.64 Å². The lowest BCUT2D eigenvalue weighted by Gasteiger charge is -2.26. The summed E-state index contributed by atoms with van der Waals surface area (Å²) < 4.78 is 34.7. The number of hydrogen-bond acceptors (Lipinski definition) is 4. The molecule has 1 fully saturated rings. The van der Waals surface area contributed by atoms with Crippen molar-refractivity contribution in [1.29, 1.82) is 0 Å². The molecule has 1 saturated heterocycles. The van der Waals surface area contributed by atoms with Crippen molar-refractivity contribution >= 4 is 34.0 Å². The van der Waals surface area contributed by atoms with Gasteiger partial charge in [-0.05, 0) is 81.4 Å². The molecular formula is C27H40Cl2N2O3S. The van der Waals surface area contributed by atoms with E-state index in [1.807, 2.05) is 24.3 Å². The molecule has 196 valence electrons. The molecule has 8 heteroatoms. The van der Waals surface area contributed by atoms with Crippen molar-refractivity contribution in [2.75, 3.05) is 32.8 Å². The minimum absolute atomic E-state index is 0. The van der Waals surface area contributed by atoms with Gasteiger partial charge in [-0.15, -0.1) is 12.4 Å². The van der Waals surface area contributed by atoms with Crippen LogP contribution in [0.25, 0.3) is 0 Å². The Bertz CT molecular complexity index is 978. The quantitative estimate of drug-likeness (QED) is 0.266. The first kappa shape index (κ1) is 29.9. The maximum atomic E-state index is 13.5. The maximum absolute atomic E-state index is 13.5. The van der Waals surface area contributed by atoms with Crippen molar-refractivity contribution in [1.82, 2.24) is 9.21 Å². The summed E-state index contributed by atoms with van der Waals surface area (Å²) in [5.74, 6) is 1.29. The summed E-state index contributed by atoms with van der Waals surface area (Å²) in [5.41, 5.74) is 0.891. The van der Waals surface area contributed by atoms with E-state index in [2.05, 4.69) is 18.7 Å². The van der Waals surface area contributed by atoms with Crippen LogP contribution in [0.1, 0.15) is 57.9 Å². The number of sulfonamides is 1. The van der Waals surface area contributed by atoms with Crippen molar-refractivity contribution in [2.24, 2.45) is 5.92 Å². The van der Waals surface area contributed by atoms with Crippen LogP contribution in [-0.4, -0.2) is 50.4 Å². The van der Waals surface area contributed by atoms with Crippen LogP contribution in [0.5, 0.6) is 5.75 Å². The third-order valence-electron chi connectivity index (χ3n) is 6.28. The van der Waals surface area contributed by atoms with Crippen LogP contribution in [-0.2, 0) is 16.6 Å². The van der Waals surface area contributed by atoms with Crippen molar-refractivity contribution in [3.63, 3.8) is 0 Å². The molecule has 3 rings (SSSR count). The van der Waals surface area contributed by atoms with Gasteiger partial charge in [0.15, 0.2) is 0 Å². The molecule has 1 aliphatic heterocycles. The van der Waals surface area contributed by atoms with Crippen LogP contribution in [0, 0.1) is 5.92 Å². The normalized spacial score (nSPS) is 14.8. The molecule has 0 unspecified atom stereocenters. The van der Waals surface area contributed by atoms with Gasteiger partial charge in [0.25, 0.3) is 0 Å². The van der Waals surface area contributed by atoms with E-state index >= 15 is 0 Å². The highest BCUT2D eigenvalue weighted by atomic mass is 35.5. The Morgan fingerprint density at radius 2 is 1.69 bits per heavy atom. The molecule has 0 atom stereocenters. The predicted octanol–water partition coefficient (Wildman–Crippen LogP) is 6.64. The molecule has 0 N–H and O–H groups in total. The lowest BCUT2D eigenvalue weighted by Crippen LogP contribution is -2.32. The van der Waals surface area contributed by atoms with E-state index in [1.54, 1.807) is 28.6 Å². The molecule has 2 aromatic rings. The minimum Gasteiger partial charge on any atom is -0.493 e. The summed E-state index contributed by atoms with van der Waals surface area (Å²) in [6.07, 6.45) is 6.67. The van der Waals surface area contributed by atoms with Crippen molar-refractivity contribution in [3.05, 3.63) is 59.1 Å². The third kappa shape index (κ3) is 9.58. The third-order valence-corrected chi connectivity index (χ3v) is 8.40. The fourth-order valence-electron chi connectivity index (χ4n) is 4.33. The first-order valence-electron chi connectivity index (χ1n) is 12.5. The van der Waals surface area contributed by atoms with Crippen LogP contribution in [0.15, 0.2) is 53.4 Å². The topological polar surface area (TPSA) is 49.9 Å². The summed E-state index contributed by atoms with van der Waals surface area (Å²) >= 11 is 5.99. The summed E-state index contributed by atoms with van der Waals surface area (Å²) in [6.45, 7) is 9.11. The summed E-state index contributed by atoms with van der Waals surface area (Å²) in [6, 6.07) is 14.2. The molecule has 1 aliphatic rings. The monoisotopic (exact) mass is 542 g/mol. The highest BCUT2D eigenvalue weighted by Crippen LogP contribution is 2.26. The standard InChI is InChI=1S/C27H39ClN2O3S.ClH/c1-23(2)10-8-20-30(34(31,32)26-15-13-25(28)14-16-26)22-24-11-4-5-12-27(24)33-21-9-19-29-17-6-3-7-18-29;/h4-5,11-16,23H,3,6-10,17-22H2,1-2H3;1H. The van der Waals surface area contributed by atoms with Crippen molar-refractivity contribution in [2.45, 2.75) is 63.8 Å². The Balaban J connectivity index is 0.00000432. The molecule has 0 amide bonds. The van der Waals surface area contributed by atoms with Gasteiger partial charge >= 0.3 is 0 Å². The lowest BCUT2D eigenvalue weighted by atomic mass is 10.1. The second-order valence-corrected chi connectivity index (χ2v) is 11.9. The van der Waals surface area contributed by atoms with Gasteiger partial charge in [-0.3, -0.25) is 0 Å². The molecule has 0 bridgehead atoms. The number of likely N-dealkylation sites (tertiary alicyclic amines) is 1. The zero-order chi connectivity index (χ0) is 24.4. The van der Waals surface area contributed by atoms with Gasteiger partial charge in [0.05, 0.1) is 11.5 Å². The van der Waals surface area contributed by atoms with Crippen LogP contribution < -0.4 is 4.74 Å². The van der Waals surface area contributed by atoms with E-state index in [9.17, 15) is 8.42 Å². The lowest BCUT2D eigenvalue weighted by molar-refractivity contribution is 0.204. The zero-order valence-electron chi connectivity index (χ0n) is 21.0. The van der Waals surface area contributed by atoms with Gasteiger partial charge in [-0.25, -0.2) is 8.42 Å². The van der Waals surface area contributed by atoms with Crippen LogP contribution >= 0.6 is 24.0 Å². The molecule has 0 spiro atoms. The van der Waals surface area contributed by atoms with Gasteiger partial charge in [0, 0.05) is 30.2 Å². The van der Waals surface area contributed by atoms with E-state index in [1.165, 1.54) is 32.4 Å². The Labute approximate surface area is 223 Å². The second-order valence-electron chi connectivity index (χ2n) is 9.54. The molecule has 1 heterocycles. The highest BCUT2D eigenvalue weighted by molar-refractivity contribution is 7.89. The fourth-order valence-corrected chi connectivity index (χ4v) is 5.92. The van der Waals surface area contributed by atoms with Gasteiger partial charge in [-0.1, -0.05) is 50.1 Å². The fraction of sp³-hybridized carbons (Fsp3) is 0.556. The predicted molar refractivity (Wildman–Crippen MR) is 147 cm³/mol. The molecule has 0 aromatic heterocycles. The molecule has 0 radical (unpaired) electrons. The average molecular weight is 544 g/mol. The number of benzene rings is 2.